The molecule has 0 bridgehead atoms. The van der Waals surface area contributed by atoms with Crippen molar-refractivity contribution in [2.24, 2.45) is 5.73 Å². The minimum Gasteiger partial charge on any atom is -0.479 e. The number of para-hydroxylation sites is 2. The largest absolute Gasteiger partial charge is 0.479 e. The zero-order chi connectivity index (χ0) is 20.1. The Morgan fingerprint density at radius 1 is 1.14 bits per heavy atom. The number of hydrogen-bond donors (Lipinski definition) is 3. The lowest BCUT2D eigenvalue weighted by atomic mass is 10.1. The number of carbonyl (C=O) groups excluding carboxylic acids is 3. The third-order valence-corrected chi connectivity index (χ3v) is 4.35. The molecule has 1 heterocycles. The van der Waals surface area contributed by atoms with E-state index in [1.165, 1.54) is 0 Å². The van der Waals surface area contributed by atoms with Gasteiger partial charge in [0.1, 0.15) is 5.75 Å². The van der Waals surface area contributed by atoms with Gasteiger partial charge in [0.2, 0.25) is 5.91 Å². The first-order valence-electron chi connectivity index (χ1n) is 8.93. The van der Waals surface area contributed by atoms with E-state index >= 15 is 0 Å². The van der Waals surface area contributed by atoms with E-state index in [0.29, 0.717) is 23.7 Å². The lowest BCUT2D eigenvalue weighted by Gasteiger charge is -2.32. The minimum atomic E-state index is -0.630. The summed E-state index contributed by atoms with van der Waals surface area (Å²) in [5.41, 5.74) is 7.20. The number of amides is 4. The maximum absolute atomic E-state index is 12.4. The molecule has 1 aliphatic rings. The number of nitrogens with zero attached hydrogens (tertiary/aromatic N) is 1. The van der Waals surface area contributed by atoms with E-state index in [1.54, 1.807) is 42.2 Å². The summed E-state index contributed by atoms with van der Waals surface area (Å²) in [4.78, 5) is 37.0. The van der Waals surface area contributed by atoms with Crippen LogP contribution in [0.5, 0.6) is 5.75 Å². The zero-order valence-electron chi connectivity index (χ0n) is 15.5. The van der Waals surface area contributed by atoms with Gasteiger partial charge in [0.05, 0.1) is 5.69 Å². The van der Waals surface area contributed by atoms with Crippen LogP contribution in [0.2, 0.25) is 0 Å². The predicted molar refractivity (Wildman–Crippen MR) is 105 cm³/mol. The van der Waals surface area contributed by atoms with Gasteiger partial charge < -0.3 is 26.0 Å². The van der Waals surface area contributed by atoms with Crippen molar-refractivity contribution < 1.29 is 19.1 Å². The molecule has 4 amide bonds. The number of rotatable bonds is 6. The molecule has 146 valence electrons. The van der Waals surface area contributed by atoms with Crippen LogP contribution in [-0.4, -0.2) is 30.5 Å². The van der Waals surface area contributed by atoms with Gasteiger partial charge in [-0.25, -0.2) is 4.79 Å². The Kier molecular flexibility index (Phi) is 5.78. The smallest absolute Gasteiger partial charge is 0.316 e. The van der Waals surface area contributed by atoms with E-state index in [1.807, 2.05) is 18.2 Å². The summed E-state index contributed by atoms with van der Waals surface area (Å²) in [6.45, 7) is 2.32. The molecular formula is C20H22N4O4. The highest BCUT2D eigenvalue weighted by molar-refractivity contribution is 6.00. The minimum absolute atomic E-state index is 0.163. The van der Waals surface area contributed by atoms with E-state index in [2.05, 4.69) is 10.6 Å². The van der Waals surface area contributed by atoms with Crippen molar-refractivity contribution in [3.63, 3.8) is 0 Å². The summed E-state index contributed by atoms with van der Waals surface area (Å²) in [5, 5.41) is 5.30. The molecule has 0 fully saturated rings. The van der Waals surface area contributed by atoms with Crippen LogP contribution in [-0.2, 0) is 16.1 Å². The number of fused-ring (bicyclic) bond motifs is 1. The van der Waals surface area contributed by atoms with Crippen LogP contribution in [0.1, 0.15) is 18.9 Å². The average molecular weight is 382 g/mol. The molecular weight excluding hydrogens is 360 g/mol. The number of benzene rings is 2. The second-order valence-electron chi connectivity index (χ2n) is 6.43. The van der Waals surface area contributed by atoms with Crippen LogP contribution in [0.3, 0.4) is 0 Å². The van der Waals surface area contributed by atoms with Crippen molar-refractivity contribution in [3.05, 3.63) is 54.1 Å². The third-order valence-electron chi connectivity index (χ3n) is 4.35. The number of primary amides is 1. The van der Waals surface area contributed by atoms with Gasteiger partial charge in [0, 0.05) is 25.2 Å². The molecule has 0 aliphatic carbocycles. The first-order chi connectivity index (χ1) is 13.4. The standard InChI is InChI=1S/C20H22N4O4/c1-13-19(26)24(16-4-2-3-5-17(16)28-13)11-10-18(25)22-12-14-6-8-15(9-7-14)23-20(21)27/h2-9,13H,10-12H2,1H3,(H,22,25)(H3,21,23,27). The molecule has 8 nitrogen and oxygen atoms in total. The van der Waals surface area contributed by atoms with Crippen molar-refractivity contribution in [3.8, 4) is 5.75 Å². The van der Waals surface area contributed by atoms with E-state index in [9.17, 15) is 14.4 Å². The molecule has 0 aromatic heterocycles. The van der Waals surface area contributed by atoms with Gasteiger partial charge in [0.15, 0.2) is 6.10 Å². The maximum atomic E-state index is 12.4. The van der Waals surface area contributed by atoms with Crippen LogP contribution >= 0.6 is 0 Å². The lowest BCUT2D eigenvalue weighted by Crippen LogP contribution is -2.45. The van der Waals surface area contributed by atoms with Crippen LogP contribution in [0, 0.1) is 0 Å². The quantitative estimate of drug-likeness (QED) is 0.709. The Morgan fingerprint density at radius 2 is 1.86 bits per heavy atom. The van der Waals surface area contributed by atoms with E-state index in [-0.39, 0.29) is 24.8 Å². The molecule has 3 rings (SSSR count). The molecule has 0 saturated carbocycles. The third kappa shape index (κ3) is 4.59. The monoisotopic (exact) mass is 382 g/mol. The van der Waals surface area contributed by atoms with Crippen molar-refractivity contribution in [1.29, 1.82) is 0 Å². The summed E-state index contributed by atoms with van der Waals surface area (Å²) in [6.07, 6.45) is -0.404. The highest BCUT2D eigenvalue weighted by Gasteiger charge is 2.31. The molecule has 2 aromatic rings. The highest BCUT2D eigenvalue weighted by atomic mass is 16.5. The molecule has 1 unspecified atom stereocenters. The fraction of sp³-hybridized carbons (Fsp3) is 0.250. The normalized spacial score (nSPS) is 15.4. The number of nitrogens with one attached hydrogen (secondary N) is 2. The van der Waals surface area contributed by atoms with Crippen molar-refractivity contribution in [1.82, 2.24) is 5.32 Å². The number of urea groups is 1. The molecule has 0 saturated heterocycles. The summed E-state index contributed by atoms with van der Waals surface area (Å²) in [6, 6.07) is 13.6. The number of anilines is 2. The second kappa shape index (κ2) is 8.43. The van der Waals surface area contributed by atoms with Crippen LogP contribution < -0.4 is 26.0 Å². The Morgan fingerprint density at radius 3 is 2.57 bits per heavy atom. The molecule has 1 aliphatic heterocycles. The fourth-order valence-electron chi connectivity index (χ4n) is 2.94. The van der Waals surface area contributed by atoms with E-state index < -0.39 is 12.1 Å². The van der Waals surface area contributed by atoms with Crippen molar-refractivity contribution in [2.75, 3.05) is 16.8 Å². The number of nitrogens with two attached hydrogens (primary N) is 1. The van der Waals surface area contributed by atoms with Gasteiger partial charge in [-0.1, -0.05) is 24.3 Å². The Bertz CT molecular complexity index is 882. The summed E-state index contributed by atoms with van der Waals surface area (Å²) < 4.78 is 5.59. The number of ether oxygens (including phenoxy) is 1. The molecule has 0 radical (unpaired) electrons. The molecule has 0 spiro atoms. The van der Waals surface area contributed by atoms with Gasteiger partial charge in [-0.3, -0.25) is 9.59 Å². The number of hydrogen-bond acceptors (Lipinski definition) is 4. The lowest BCUT2D eigenvalue weighted by molar-refractivity contribution is -0.125. The van der Waals surface area contributed by atoms with E-state index in [0.717, 1.165) is 5.56 Å². The molecule has 4 N–H and O–H groups in total. The van der Waals surface area contributed by atoms with Gasteiger partial charge in [-0.15, -0.1) is 0 Å². The highest BCUT2D eigenvalue weighted by Crippen LogP contribution is 2.33. The van der Waals surface area contributed by atoms with Gasteiger partial charge in [-0.2, -0.15) is 0 Å². The fourth-order valence-corrected chi connectivity index (χ4v) is 2.94. The molecule has 2 aromatic carbocycles. The molecule has 28 heavy (non-hydrogen) atoms. The SMILES string of the molecule is CC1Oc2ccccc2N(CCC(=O)NCc2ccc(NC(N)=O)cc2)C1=O. The first kappa shape index (κ1) is 19.2. The van der Waals surface area contributed by atoms with Crippen LogP contribution in [0.4, 0.5) is 16.2 Å². The average Bonchev–Trinajstić information content (AvgIpc) is 2.67. The summed E-state index contributed by atoms with van der Waals surface area (Å²) in [7, 11) is 0. The number of carbonyl (C=O) groups is 3. The first-order valence-corrected chi connectivity index (χ1v) is 8.93. The van der Waals surface area contributed by atoms with Crippen molar-refractivity contribution >= 4 is 29.2 Å². The van der Waals surface area contributed by atoms with E-state index in [4.69, 9.17) is 10.5 Å². The zero-order valence-corrected chi connectivity index (χ0v) is 15.5. The van der Waals surface area contributed by atoms with Gasteiger partial charge in [0.25, 0.3) is 5.91 Å². The van der Waals surface area contributed by atoms with Crippen LogP contribution in [0.15, 0.2) is 48.5 Å². The van der Waals surface area contributed by atoms with Gasteiger partial charge >= 0.3 is 6.03 Å². The van der Waals surface area contributed by atoms with Crippen molar-refractivity contribution in [2.45, 2.75) is 26.0 Å². The maximum Gasteiger partial charge on any atom is 0.316 e. The molecule has 8 heteroatoms. The Labute approximate surface area is 162 Å². The Balaban J connectivity index is 1.53. The second-order valence-corrected chi connectivity index (χ2v) is 6.43. The summed E-state index contributed by atoms with van der Waals surface area (Å²) in [5.74, 6) is 0.312. The van der Waals surface area contributed by atoms with Gasteiger partial charge in [-0.05, 0) is 36.8 Å². The molecule has 1 atom stereocenters. The Hall–Kier alpha value is -3.55. The van der Waals surface area contributed by atoms with Crippen LogP contribution in [0.25, 0.3) is 0 Å². The topological polar surface area (TPSA) is 114 Å². The summed E-state index contributed by atoms with van der Waals surface area (Å²) >= 11 is 0. The predicted octanol–water partition coefficient (Wildman–Crippen LogP) is 2.00.